The number of halogens is 1. The molecular weight excluding hydrogens is 326 g/mol. The van der Waals surface area contributed by atoms with Crippen LogP contribution in [0.2, 0.25) is 0 Å². The number of hydrogen-bond donors (Lipinski definition) is 2. The standard InChI is InChI=1S/C13H12BrN3O3/c14-10-3-1-9(2-4-10)8-20-13-6-11(16-15)5-12(7-13)17(18)19/h1-7,16H,8,15H2. The highest BCUT2D eigenvalue weighted by molar-refractivity contribution is 9.10. The number of hydrogen-bond acceptors (Lipinski definition) is 5. The number of nitrogen functional groups attached to an aromatic ring is 1. The molecular formula is C13H12BrN3O3. The van der Waals surface area contributed by atoms with Crippen molar-refractivity contribution in [3.8, 4) is 5.75 Å². The van der Waals surface area contributed by atoms with Gasteiger partial charge in [-0.1, -0.05) is 28.1 Å². The Bertz CT molecular complexity index is 617. The fraction of sp³-hybridized carbons (Fsp3) is 0.0769. The van der Waals surface area contributed by atoms with Crippen molar-refractivity contribution in [1.82, 2.24) is 0 Å². The Morgan fingerprint density at radius 3 is 2.55 bits per heavy atom. The van der Waals surface area contributed by atoms with E-state index in [0.717, 1.165) is 10.0 Å². The number of nitrogens with two attached hydrogens (primary N) is 1. The average Bonchev–Trinajstić information content (AvgIpc) is 2.46. The van der Waals surface area contributed by atoms with Gasteiger partial charge in [-0.15, -0.1) is 0 Å². The summed E-state index contributed by atoms with van der Waals surface area (Å²) >= 11 is 3.35. The van der Waals surface area contributed by atoms with Crippen LogP contribution in [0.5, 0.6) is 5.75 Å². The van der Waals surface area contributed by atoms with Crippen LogP contribution in [0.3, 0.4) is 0 Å². The predicted molar refractivity (Wildman–Crippen MR) is 79.4 cm³/mol. The molecule has 0 amide bonds. The number of anilines is 1. The summed E-state index contributed by atoms with van der Waals surface area (Å²) in [6.07, 6.45) is 0. The molecule has 20 heavy (non-hydrogen) atoms. The zero-order valence-electron chi connectivity index (χ0n) is 10.4. The highest BCUT2D eigenvalue weighted by Gasteiger charge is 2.10. The second-order valence-electron chi connectivity index (χ2n) is 4.03. The molecule has 0 bridgehead atoms. The lowest BCUT2D eigenvalue weighted by Crippen LogP contribution is -2.07. The largest absolute Gasteiger partial charge is 0.489 e. The van der Waals surface area contributed by atoms with Crippen molar-refractivity contribution in [3.63, 3.8) is 0 Å². The SMILES string of the molecule is NNc1cc(OCc2ccc(Br)cc2)cc([N+](=O)[O-])c1. The maximum Gasteiger partial charge on any atom is 0.275 e. The molecule has 2 rings (SSSR count). The Morgan fingerprint density at radius 1 is 1.25 bits per heavy atom. The number of ether oxygens (including phenoxy) is 1. The van der Waals surface area contributed by atoms with E-state index in [2.05, 4.69) is 21.4 Å². The van der Waals surface area contributed by atoms with Crippen molar-refractivity contribution in [2.45, 2.75) is 6.61 Å². The van der Waals surface area contributed by atoms with E-state index in [1.165, 1.54) is 12.1 Å². The second-order valence-corrected chi connectivity index (χ2v) is 4.95. The Kier molecular flexibility index (Phi) is 4.54. The van der Waals surface area contributed by atoms with E-state index in [1.54, 1.807) is 6.07 Å². The van der Waals surface area contributed by atoms with Crippen molar-refractivity contribution < 1.29 is 9.66 Å². The van der Waals surface area contributed by atoms with Crippen molar-refractivity contribution in [1.29, 1.82) is 0 Å². The Labute approximate surface area is 123 Å². The molecule has 2 aromatic carbocycles. The number of rotatable bonds is 5. The van der Waals surface area contributed by atoms with Gasteiger partial charge in [0.2, 0.25) is 0 Å². The monoisotopic (exact) mass is 337 g/mol. The summed E-state index contributed by atoms with van der Waals surface area (Å²) in [6.45, 7) is 0.318. The molecule has 0 atom stereocenters. The van der Waals surface area contributed by atoms with Crippen LogP contribution in [0, 0.1) is 10.1 Å². The summed E-state index contributed by atoms with van der Waals surface area (Å²) in [6, 6.07) is 11.9. The minimum absolute atomic E-state index is 0.0775. The van der Waals surface area contributed by atoms with E-state index in [0.29, 0.717) is 18.0 Å². The maximum absolute atomic E-state index is 10.8. The van der Waals surface area contributed by atoms with Crippen LogP contribution in [0.15, 0.2) is 46.9 Å². The van der Waals surface area contributed by atoms with Gasteiger partial charge in [-0.2, -0.15) is 0 Å². The molecule has 0 aromatic heterocycles. The topological polar surface area (TPSA) is 90.4 Å². The molecule has 0 saturated carbocycles. The quantitative estimate of drug-likeness (QED) is 0.496. The van der Waals surface area contributed by atoms with Gasteiger partial charge in [-0.25, -0.2) is 0 Å². The average molecular weight is 338 g/mol. The summed E-state index contributed by atoms with van der Waals surface area (Å²) in [7, 11) is 0. The molecule has 0 heterocycles. The zero-order chi connectivity index (χ0) is 14.5. The molecule has 3 N–H and O–H groups in total. The highest BCUT2D eigenvalue weighted by Crippen LogP contribution is 2.26. The van der Waals surface area contributed by atoms with Crippen molar-refractivity contribution in [2.75, 3.05) is 5.43 Å². The summed E-state index contributed by atoms with van der Waals surface area (Å²) in [5.74, 6) is 5.66. The molecule has 0 aliphatic rings. The van der Waals surface area contributed by atoms with Crippen molar-refractivity contribution in [3.05, 3.63) is 62.6 Å². The van der Waals surface area contributed by atoms with Gasteiger partial charge in [0, 0.05) is 16.6 Å². The highest BCUT2D eigenvalue weighted by atomic mass is 79.9. The van der Waals surface area contributed by atoms with Crippen LogP contribution in [0.4, 0.5) is 11.4 Å². The lowest BCUT2D eigenvalue weighted by atomic mass is 10.2. The number of nitro benzene ring substituents is 1. The first-order valence-corrected chi connectivity index (χ1v) is 6.51. The fourth-order valence-corrected chi connectivity index (χ4v) is 1.87. The van der Waals surface area contributed by atoms with E-state index in [9.17, 15) is 10.1 Å². The molecule has 0 aliphatic carbocycles. The molecule has 104 valence electrons. The minimum atomic E-state index is -0.493. The van der Waals surface area contributed by atoms with Crippen LogP contribution in [-0.4, -0.2) is 4.92 Å². The van der Waals surface area contributed by atoms with Gasteiger partial charge in [-0.3, -0.25) is 16.0 Å². The minimum Gasteiger partial charge on any atom is -0.489 e. The third kappa shape index (κ3) is 3.69. The maximum atomic E-state index is 10.8. The molecule has 0 saturated heterocycles. The number of non-ortho nitro benzene ring substituents is 1. The molecule has 6 nitrogen and oxygen atoms in total. The number of hydrazine groups is 1. The van der Waals surface area contributed by atoms with Crippen LogP contribution >= 0.6 is 15.9 Å². The van der Waals surface area contributed by atoms with Gasteiger partial charge >= 0.3 is 0 Å². The van der Waals surface area contributed by atoms with Gasteiger partial charge in [0.25, 0.3) is 5.69 Å². The number of nitro groups is 1. The van der Waals surface area contributed by atoms with Crippen LogP contribution in [0.25, 0.3) is 0 Å². The van der Waals surface area contributed by atoms with E-state index < -0.39 is 4.92 Å². The molecule has 7 heteroatoms. The molecule has 0 fully saturated rings. The van der Waals surface area contributed by atoms with Gasteiger partial charge in [0.1, 0.15) is 12.4 Å². The summed E-state index contributed by atoms with van der Waals surface area (Å²) in [5, 5.41) is 10.8. The van der Waals surface area contributed by atoms with Gasteiger partial charge < -0.3 is 10.2 Å². The van der Waals surface area contributed by atoms with Crippen molar-refractivity contribution in [2.24, 2.45) is 5.84 Å². The molecule has 2 aromatic rings. The number of nitrogens with zero attached hydrogens (tertiary/aromatic N) is 1. The smallest absolute Gasteiger partial charge is 0.275 e. The lowest BCUT2D eigenvalue weighted by molar-refractivity contribution is -0.384. The lowest BCUT2D eigenvalue weighted by Gasteiger charge is -2.08. The Morgan fingerprint density at radius 2 is 1.95 bits per heavy atom. The predicted octanol–water partition coefficient (Wildman–Crippen LogP) is 3.22. The van der Waals surface area contributed by atoms with Gasteiger partial charge in [0.05, 0.1) is 16.7 Å². The number of nitrogens with one attached hydrogen (secondary N) is 1. The summed E-state index contributed by atoms with van der Waals surface area (Å²) < 4.78 is 6.53. The molecule has 0 unspecified atom stereocenters. The van der Waals surface area contributed by atoms with Gasteiger partial charge in [0.15, 0.2) is 0 Å². The van der Waals surface area contributed by atoms with E-state index in [1.807, 2.05) is 24.3 Å². The molecule has 0 spiro atoms. The van der Waals surface area contributed by atoms with Gasteiger partial charge in [-0.05, 0) is 17.7 Å². The Hall–Kier alpha value is -2.12. The normalized spacial score (nSPS) is 10.1. The summed E-state index contributed by atoms with van der Waals surface area (Å²) in [5.41, 5.74) is 3.68. The van der Waals surface area contributed by atoms with E-state index in [-0.39, 0.29) is 5.69 Å². The van der Waals surface area contributed by atoms with E-state index in [4.69, 9.17) is 10.6 Å². The first-order chi connectivity index (χ1) is 9.58. The zero-order valence-corrected chi connectivity index (χ0v) is 12.0. The molecule has 0 aliphatic heterocycles. The van der Waals surface area contributed by atoms with Crippen molar-refractivity contribution >= 4 is 27.3 Å². The third-order valence-electron chi connectivity index (χ3n) is 2.59. The number of benzene rings is 2. The summed E-state index contributed by atoms with van der Waals surface area (Å²) in [4.78, 5) is 10.3. The first kappa shape index (κ1) is 14.3. The second kappa shape index (κ2) is 6.36. The van der Waals surface area contributed by atoms with E-state index >= 15 is 0 Å². The Balaban J connectivity index is 2.14. The first-order valence-electron chi connectivity index (χ1n) is 5.72. The fourth-order valence-electron chi connectivity index (χ4n) is 1.60. The van der Waals surface area contributed by atoms with Crippen LogP contribution < -0.4 is 16.0 Å². The van der Waals surface area contributed by atoms with Crippen LogP contribution in [0.1, 0.15) is 5.56 Å². The molecule has 0 radical (unpaired) electrons. The third-order valence-corrected chi connectivity index (χ3v) is 3.12. The van der Waals surface area contributed by atoms with Crippen LogP contribution in [-0.2, 0) is 6.61 Å².